The van der Waals surface area contributed by atoms with Gasteiger partial charge in [0.1, 0.15) is 0 Å². The molecule has 0 saturated carbocycles. The average molecular weight is 325 g/mol. The molecule has 0 unspecified atom stereocenters. The topological polar surface area (TPSA) is 30.7 Å². The Hall–Kier alpha value is -3.20. The molecule has 4 rings (SSSR count). The van der Waals surface area contributed by atoms with Gasteiger partial charge in [-0.3, -0.25) is 9.97 Å². The summed E-state index contributed by atoms with van der Waals surface area (Å²) in [5.41, 5.74) is 5.80. The maximum atomic E-state index is 4.32. The number of fused-ring (bicyclic) bond motifs is 3. The second kappa shape index (κ2) is 6.36. The van der Waals surface area contributed by atoms with E-state index in [-0.39, 0.29) is 0 Å². The van der Waals surface area contributed by atoms with E-state index in [1.165, 1.54) is 16.5 Å². The Morgan fingerprint density at radius 2 is 1.60 bits per heavy atom. The van der Waals surface area contributed by atoms with Crippen LogP contribution in [0.3, 0.4) is 0 Å². The van der Waals surface area contributed by atoms with E-state index < -0.39 is 0 Å². The quantitative estimate of drug-likeness (QED) is 0.462. The summed E-state index contributed by atoms with van der Waals surface area (Å²) in [6.45, 7) is 4.10. The van der Waals surface area contributed by atoms with Crippen molar-refractivity contribution in [2.45, 2.75) is 13.8 Å². The lowest BCUT2D eigenvalue weighted by molar-refractivity contribution is 1.16. The molecule has 0 bridgehead atoms. The maximum Gasteiger partial charge on any atom is 0.0725 e. The van der Waals surface area contributed by atoms with Gasteiger partial charge in [0.05, 0.1) is 17.2 Å². The Morgan fingerprint density at radius 1 is 0.840 bits per heavy atom. The van der Waals surface area contributed by atoms with Gasteiger partial charge in [0.2, 0.25) is 0 Å². The first kappa shape index (κ1) is 15.3. The first-order valence-corrected chi connectivity index (χ1v) is 8.41. The summed E-state index contributed by atoms with van der Waals surface area (Å²) in [6.07, 6.45) is 13.8. The second-order valence-electron chi connectivity index (χ2n) is 5.91. The van der Waals surface area contributed by atoms with E-state index in [1.54, 1.807) is 0 Å². The second-order valence-corrected chi connectivity index (χ2v) is 5.91. The molecular formula is C22H19N3. The van der Waals surface area contributed by atoms with Gasteiger partial charge in [0, 0.05) is 35.1 Å². The summed E-state index contributed by atoms with van der Waals surface area (Å²) < 4.78 is 2.24. The molecule has 0 amide bonds. The van der Waals surface area contributed by atoms with E-state index in [9.17, 15) is 0 Å². The number of benzene rings is 1. The van der Waals surface area contributed by atoms with Gasteiger partial charge >= 0.3 is 0 Å². The van der Waals surface area contributed by atoms with Crippen LogP contribution in [0, 0.1) is 0 Å². The van der Waals surface area contributed by atoms with E-state index in [2.05, 4.69) is 70.0 Å². The van der Waals surface area contributed by atoms with E-state index in [0.717, 1.165) is 22.1 Å². The number of nitrogens with zero attached hydrogens (tertiary/aromatic N) is 3. The lowest BCUT2D eigenvalue weighted by atomic mass is 10.0. The fourth-order valence-corrected chi connectivity index (χ4v) is 3.33. The van der Waals surface area contributed by atoms with Crippen molar-refractivity contribution in [2.75, 3.05) is 0 Å². The van der Waals surface area contributed by atoms with Crippen molar-refractivity contribution >= 4 is 27.4 Å². The molecule has 3 heteroatoms. The molecule has 1 aromatic carbocycles. The molecule has 0 aliphatic carbocycles. The molecule has 0 N–H and O–H groups in total. The van der Waals surface area contributed by atoms with Crippen molar-refractivity contribution in [3.8, 4) is 5.69 Å². The minimum atomic E-state index is 1.10. The van der Waals surface area contributed by atoms with Crippen LogP contribution < -0.4 is 0 Å². The molecular weight excluding hydrogens is 306 g/mol. The number of allylic oxidation sites excluding steroid dienone is 4. The van der Waals surface area contributed by atoms with Crippen LogP contribution in [0.4, 0.5) is 0 Å². The van der Waals surface area contributed by atoms with Crippen molar-refractivity contribution in [1.29, 1.82) is 0 Å². The third kappa shape index (κ3) is 2.54. The first-order valence-electron chi connectivity index (χ1n) is 8.41. The molecule has 3 heterocycles. The summed E-state index contributed by atoms with van der Waals surface area (Å²) in [7, 11) is 0. The van der Waals surface area contributed by atoms with E-state index in [0.29, 0.717) is 0 Å². The smallest absolute Gasteiger partial charge is 0.0725 e. The molecule has 0 atom stereocenters. The van der Waals surface area contributed by atoms with Gasteiger partial charge in [-0.25, -0.2) is 0 Å². The summed E-state index contributed by atoms with van der Waals surface area (Å²) in [6, 6.07) is 12.8. The first-order chi connectivity index (χ1) is 12.3. The van der Waals surface area contributed by atoms with Crippen molar-refractivity contribution in [2.24, 2.45) is 0 Å². The van der Waals surface area contributed by atoms with Gasteiger partial charge in [-0.15, -0.1) is 0 Å². The van der Waals surface area contributed by atoms with Crippen molar-refractivity contribution < 1.29 is 0 Å². The lowest BCUT2D eigenvalue weighted by Gasteiger charge is -2.09. The van der Waals surface area contributed by atoms with Gasteiger partial charge in [-0.2, -0.15) is 0 Å². The van der Waals surface area contributed by atoms with Gasteiger partial charge in [-0.1, -0.05) is 30.4 Å². The molecule has 0 radical (unpaired) electrons. The van der Waals surface area contributed by atoms with E-state index >= 15 is 0 Å². The Kier molecular flexibility index (Phi) is 3.90. The molecule has 4 aromatic rings. The van der Waals surface area contributed by atoms with Crippen molar-refractivity contribution in [3.63, 3.8) is 0 Å². The Balaban J connectivity index is 1.92. The van der Waals surface area contributed by atoms with Gasteiger partial charge in [-0.05, 0) is 49.2 Å². The summed E-state index contributed by atoms with van der Waals surface area (Å²) in [4.78, 5) is 8.61. The third-order valence-corrected chi connectivity index (χ3v) is 4.49. The van der Waals surface area contributed by atoms with Gasteiger partial charge in [0.15, 0.2) is 0 Å². The Morgan fingerprint density at radius 3 is 2.36 bits per heavy atom. The highest BCUT2D eigenvalue weighted by molar-refractivity contribution is 6.08. The number of hydrogen-bond donors (Lipinski definition) is 0. The zero-order chi connectivity index (χ0) is 17.2. The predicted octanol–water partition coefficient (Wildman–Crippen LogP) is 5.55. The fraction of sp³-hybridized carbons (Fsp3) is 0.0909. The van der Waals surface area contributed by atoms with Crippen molar-refractivity contribution in [3.05, 3.63) is 85.0 Å². The lowest BCUT2D eigenvalue weighted by Crippen LogP contribution is -1.94. The van der Waals surface area contributed by atoms with Crippen LogP contribution in [0.25, 0.3) is 33.1 Å². The van der Waals surface area contributed by atoms with Gasteiger partial charge < -0.3 is 4.57 Å². The van der Waals surface area contributed by atoms with Crippen LogP contribution in [0.1, 0.15) is 19.4 Å². The van der Waals surface area contributed by atoms with Crippen LogP contribution in [0.5, 0.6) is 0 Å². The monoisotopic (exact) mass is 325 g/mol. The Labute approximate surface area is 147 Å². The van der Waals surface area contributed by atoms with E-state index in [4.69, 9.17) is 0 Å². The summed E-state index contributed by atoms with van der Waals surface area (Å²) in [5.74, 6) is 0. The standard InChI is InChI=1S/C22H19N3/c1-3-5-16(4-2)17-6-8-18(9-7-17)25-21-11-13-23-14-20(21)19-10-12-24-15-22(19)25/h3-15H,1-2H3/b5-3-,16-4+. The largest absolute Gasteiger partial charge is 0.308 e. The molecule has 3 nitrogen and oxygen atoms in total. The molecule has 122 valence electrons. The van der Waals surface area contributed by atoms with Crippen LogP contribution >= 0.6 is 0 Å². The molecule has 0 fully saturated rings. The SMILES string of the molecule is C/C=C\C(=C/C)c1ccc(-n2c3ccncc3c3ccncc32)cc1. The highest BCUT2D eigenvalue weighted by atomic mass is 15.0. The highest BCUT2D eigenvalue weighted by Crippen LogP contribution is 2.31. The minimum absolute atomic E-state index is 1.10. The Bertz CT molecular complexity index is 1050. The highest BCUT2D eigenvalue weighted by Gasteiger charge is 2.12. The van der Waals surface area contributed by atoms with Crippen LogP contribution in [0.15, 0.2) is 79.4 Å². The molecule has 3 aromatic heterocycles. The summed E-state index contributed by atoms with van der Waals surface area (Å²) in [5, 5.41) is 2.32. The van der Waals surface area contributed by atoms with Crippen LogP contribution in [-0.2, 0) is 0 Å². The van der Waals surface area contributed by atoms with Crippen LogP contribution in [0.2, 0.25) is 0 Å². The maximum absolute atomic E-state index is 4.32. The van der Waals surface area contributed by atoms with E-state index in [1.807, 2.05) is 37.8 Å². The number of rotatable bonds is 3. The zero-order valence-electron chi connectivity index (χ0n) is 14.3. The fourth-order valence-electron chi connectivity index (χ4n) is 3.33. The molecule has 0 saturated heterocycles. The minimum Gasteiger partial charge on any atom is -0.308 e. The van der Waals surface area contributed by atoms with Crippen LogP contribution in [-0.4, -0.2) is 14.5 Å². The third-order valence-electron chi connectivity index (χ3n) is 4.49. The van der Waals surface area contributed by atoms with Gasteiger partial charge in [0.25, 0.3) is 0 Å². The molecule has 0 aliphatic heterocycles. The number of pyridine rings is 2. The zero-order valence-corrected chi connectivity index (χ0v) is 14.3. The molecule has 0 aliphatic rings. The predicted molar refractivity (Wildman–Crippen MR) is 105 cm³/mol. The molecule has 25 heavy (non-hydrogen) atoms. The molecule has 0 spiro atoms. The van der Waals surface area contributed by atoms with Crippen molar-refractivity contribution in [1.82, 2.24) is 14.5 Å². The summed E-state index contributed by atoms with van der Waals surface area (Å²) >= 11 is 0. The average Bonchev–Trinajstić information content (AvgIpc) is 3.01. The normalized spacial score (nSPS) is 12.5. The number of hydrogen-bond acceptors (Lipinski definition) is 2. The number of aromatic nitrogens is 3.